The van der Waals surface area contributed by atoms with Crippen molar-refractivity contribution >= 4 is 82.7 Å². The van der Waals surface area contributed by atoms with Gasteiger partial charge >= 0.3 is 0 Å². The molecule has 0 N–H and O–H groups in total. The molecule has 0 aliphatic heterocycles. The summed E-state index contributed by atoms with van der Waals surface area (Å²) < 4.78 is 15.9. The first kappa shape index (κ1) is 36.1. The van der Waals surface area contributed by atoms with Crippen molar-refractivity contribution in [1.82, 2.24) is 4.57 Å². The third-order valence-corrected chi connectivity index (χ3v) is 12.8. The Hall–Kier alpha value is -8.60. The lowest BCUT2D eigenvalue weighted by molar-refractivity contribution is 0.669. The van der Waals surface area contributed by atoms with E-state index >= 15 is 0 Å². The average molecular weight is 819 g/mol. The molecule has 10 aromatic carbocycles. The second kappa shape index (κ2) is 14.5. The Morgan fingerprint density at radius 2 is 0.859 bits per heavy atom. The zero-order valence-electron chi connectivity index (χ0n) is 34.7. The molecule has 0 bridgehead atoms. The molecule has 0 radical (unpaired) electrons. The van der Waals surface area contributed by atoms with Crippen LogP contribution in [0, 0.1) is 0 Å². The molecule has 0 aliphatic rings. The monoisotopic (exact) mass is 818 g/mol. The highest BCUT2D eigenvalue weighted by Gasteiger charge is 2.26. The number of furan rings is 2. The first-order valence-corrected chi connectivity index (χ1v) is 21.8. The molecule has 4 heteroatoms. The number of para-hydroxylation sites is 6. The maximum absolute atomic E-state index is 7.09. The minimum Gasteiger partial charge on any atom is -0.456 e. The summed E-state index contributed by atoms with van der Waals surface area (Å²) in [6.07, 6.45) is 0. The molecule has 64 heavy (non-hydrogen) atoms. The van der Waals surface area contributed by atoms with Gasteiger partial charge in [-0.2, -0.15) is 0 Å². The van der Waals surface area contributed by atoms with Crippen LogP contribution in [0.1, 0.15) is 0 Å². The van der Waals surface area contributed by atoms with Crippen molar-refractivity contribution < 1.29 is 8.83 Å². The zero-order valence-corrected chi connectivity index (χ0v) is 34.7. The van der Waals surface area contributed by atoms with Crippen molar-refractivity contribution in [3.63, 3.8) is 0 Å². The van der Waals surface area contributed by atoms with E-state index in [4.69, 9.17) is 8.83 Å². The van der Waals surface area contributed by atoms with Crippen LogP contribution in [0.2, 0.25) is 0 Å². The minimum absolute atomic E-state index is 0.832. The summed E-state index contributed by atoms with van der Waals surface area (Å²) in [6.45, 7) is 0. The maximum atomic E-state index is 7.09. The van der Waals surface area contributed by atoms with Gasteiger partial charge in [0.05, 0.1) is 33.5 Å². The van der Waals surface area contributed by atoms with Crippen molar-refractivity contribution in [3.05, 3.63) is 231 Å². The highest BCUT2D eigenvalue weighted by Crippen LogP contribution is 2.50. The van der Waals surface area contributed by atoms with Crippen molar-refractivity contribution in [3.8, 4) is 39.1 Å². The molecule has 0 saturated carbocycles. The highest BCUT2D eigenvalue weighted by atomic mass is 16.3. The van der Waals surface area contributed by atoms with E-state index in [0.717, 1.165) is 105 Å². The van der Waals surface area contributed by atoms with Crippen LogP contribution in [0.5, 0.6) is 0 Å². The maximum Gasteiger partial charge on any atom is 0.145 e. The van der Waals surface area contributed by atoms with Gasteiger partial charge in [-0.25, -0.2) is 0 Å². The first-order chi connectivity index (χ1) is 31.8. The van der Waals surface area contributed by atoms with Crippen LogP contribution in [0.3, 0.4) is 0 Å². The third kappa shape index (κ3) is 5.56. The first-order valence-electron chi connectivity index (χ1n) is 21.8. The third-order valence-electron chi connectivity index (χ3n) is 12.8. The number of rotatable bonds is 7. The molecule has 0 aliphatic carbocycles. The topological polar surface area (TPSA) is 34.5 Å². The van der Waals surface area contributed by atoms with E-state index in [1.165, 1.54) is 16.3 Å². The Labute approximate surface area is 369 Å². The quantitative estimate of drug-likeness (QED) is 0.161. The lowest BCUT2D eigenvalue weighted by Gasteiger charge is -2.29. The van der Waals surface area contributed by atoms with Gasteiger partial charge in [0.2, 0.25) is 0 Å². The Kier molecular flexibility index (Phi) is 8.18. The number of nitrogens with zero attached hydrogens (tertiary/aromatic N) is 2. The van der Waals surface area contributed by atoms with Crippen LogP contribution < -0.4 is 4.90 Å². The molecule has 13 aromatic rings. The Morgan fingerprint density at radius 1 is 0.312 bits per heavy atom. The van der Waals surface area contributed by atoms with Crippen molar-refractivity contribution in [2.45, 2.75) is 0 Å². The van der Waals surface area contributed by atoms with Gasteiger partial charge in [-0.3, -0.25) is 0 Å². The summed E-state index contributed by atoms with van der Waals surface area (Å²) >= 11 is 0. The Balaban J connectivity index is 1.09. The Morgan fingerprint density at radius 3 is 1.61 bits per heavy atom. The van der Waals surface area contributed by atoms with Gasteiger partial charge in [0.1, 0.15) is 22.3 Å². The summed E-state index contributed by atoms with van der Waals surface area (Å²) in [4.78, 5) is 2.41. The number of benzene rings is 10. The van der Waals surface area contributed by atoms with Gasteiger partial charge in [-0.15, -0.1) is 0 Å². The molecular formula is C60H38N2O2. The summed E-state index contributed by atoms with van der Waals surface area (Å²) in [5.41, 5.74) is 16.5. The van der Waals surface area contributed by atoms with Gasteiger partial charge in [0.25, 0.3) is 0 Å². The molecule has 0 saturated heterocycles. The average Bonchev–Trinajstić information content (AvgIpc) is 4.05. The van der Waals surface area contributed by atoms with Gasteiger partial charge in [-0.1, -0.05) is 164 Å². The second-order valence-electron chi connectivity index (χ2n) is 16.4. The summed E-state index contributed by atoms with van der Waals surface area (Å²) in [6, 6.07) is 82.0. The molecular weight excluding hydrogens is 781 g/mol. The lowest BCUT2D eigenvalue weighted by atomic mass is 9.95. The van der Waals surface area contributed by atoms with Crippen LogP contribution in [0.25, 0.3) is 105 Å². The van der Waals surface area contributed by atoms with Crippen molar-refractivity contribution in [1.29, 1.82) is 0 Å². The van der Waals surface area contributed by atoms with Gasteiger partial charge in [0.15, 0.2) is 0 Å². The lowest BCUT2D eigenvalue weighted by Crippen LogP contribution is -2.12. The van der Waals surface area contributed by atoms with E-state index in [9.17, 15) is 0 Å². The van der Waals surface area contributed by atoms with E-state index in [0.29, 0.717) is 0 Å². The fraction of sp³-hybridized carbons (Fsp3) is 0. The predicted octanol–water partition coefficient (Wildman–Crippen LogP) is 17.1. The molecule has 0 spiro atoms. The molecule has 0 amide bonds. The second-order valence-corrected chi connectivity index (χ2v) is 16.4. The van der Waals surface area contributed by atoms with Crippen molar-refractivity contribution in [2.75, 3.05) is 4.90 Å². The minimum atomic E-state index is 0.832. The van der Waals surface area contributed by atoms with Gasteiger partial charge in [-0.05, 0) is 83.4 Å². The standard InChI is InChI=1S/C60H38N2O2/c1-2-17-39(18-3-1)40-33-35-41(36-34-40)61(50-26-10-6-21-44(50)46-25-16-32-57-58(46)48-23-8-14-30-55(48)63-57)54-38-37-47(60-59(54)49-24-9-15-31-56(49)64-60)45-22-7-13-29-53(45)62-51-27-11-4-19-42(51)43-20-5-12-28-52(43)62/h1-38H. The molecule has 13 rings (SSSR count). The summed E-state index contributed by atoms with van der Waals surface area (Å²) in [7, 11) is 0. The number of fused-ring (bicyclic) bond motifs is 9. The largest absolute Gasteiger partial charge is 0.456 e. The molecule has 0 atom stereocenters. The van der Waals surface area contributed by atoms with Gasteiger partial charge < -0.3 is 18.3 Å². The molecule has 3 heterocycles. The smallest absolute Gasteiger partial charge is 0.145 e. The van der Waals surface area contributed by atoms with Crippen LogP contribution >= 0.6 is 0 Å². The molecule has 0 unspecified atom stereocenters. The highest BCUT2D eigenvalue weighted by molar-refractivity contribution is 6.19. The summed E-state index contributed by atoms with van der Waals surface area (Å²) in [5.74, 6) is 0. The van der Waals surface area contributed by atoms with Crippen LogP contribution in [-0.4, -0.2) is 4.57 Å². The van der Waals surface area contributed by atoms with E-state index < -0.39 is 0 Å². The van der Waals surface area contributed by atoms with E-state index in [1.807, 2.05) is 12.1 Å². The predicted molar refractivity (Wildman–Crippen MR) is 266 cm³/mol. The van der Waals surface area contributed by atoms with E-state index in [-0.39, 0.29) is 0 Å². The zero-order chi connectivity index (χ0) is 42.1. The van der Waals surface area contributed by atoms with Crippen LogP contribution in [-0.2, 0) is 0 Å². The van der Waals surface area contributed by atoms with Crippen LogP contribution in [0.4, 0.5) is 17.1 Å². The number of hydrogen-bond donors (Lipinski definition) is 0. The fourth-order valence-corrected chi connectivity index (χ4v) is 10.0. The molecule has 4 nitrogen and oxygen atoms in total. The Bertz CT molecular complexity index is 3860. The van der Waals surface area contributed by atoms with Crippen molar-refractivity contribution in [2.24, 2.45) is 0 Å². The SMILES string of the molecule is c1ccc(-c2ccc(N(c3ccccc3-c3cccc4oc5ccccc5c34)c3ccc(-c4ccccc4-n4c5ccccc5c5ccccc54)c4oc5ccccc5c34)cc2)cc1. The molecule has 300 valence electrons. The molecule has 3 aromatic heterocycles. The number of anilines is 3. The van der Waals surface area contributed by atoms with E-state index in [2.05, 4.69) is 228 Å². The normalized spacial score (nSPS) is 11.8. The van der Waals surface area contributed by atoms with Gasteiger partial charge in [0, 0.05) is 49.3 Å². The summed E-state index contributed by atoms with van der Waals surface area (Å²) in [5, 5.41) is 6.73. The number of hydrogen-bond acceptors (Lipinski definition) is 3. The fourth-order valence-electron chi connectivity index (χ4n) is 10.0. The number of aromatic nitrogens is 1. The van der Waals surface area contributed by atoms with E-state index in [1.54, 1.807) is 0 Å². The van der Waals surface area contributed by atoms with Crippen LogP contribution in [0.15, 0.2) is 239 Å². The molecule has 0 fully saturated rings.